The van der Waals surface area contributed by atoms with Gasteiger partial charge < -0.3 is 14.2 Å². The van der Waals surface area contributed by atoms with Crippen LogP contribution >= 0.6 is 0 Å². The zero-order chi connectivity index (χ0) is 26.7. The van der Waals surface area contributed by atoms with Gasteiger partial charge in [-0.25, -0.2) is 4.79 Å². The van der Waals surface area contributed by atoms with Crippen LogP contribution in [0.3, 0.4) is 0 Å². The van der Waals surface area contributed by atoms with E-state index in [1.54, 1.807) is 7.11 Å². The summed E-state index contributed by atoms with van der Waals surface area (Å²) in [6.45, 7) is 13.1. The number of fused-ring (bicyclic) bond motifs is 6. The second-order valence-corrected chi connectivity index (χ2v) is 12.9. The third-order valence-electron chi connectivity index (χ3n) is 11.2. The van der Waals surface area contributed by atoms with Crippen molar-refractivity contribution in [3.63, 3.8) is 0 Å². The van der Waals surface area contributed by atoms with Crippen molar-refractivity contribution in [2.45, 2.75) is 71.1 Å². The van der Waals surface area contributed by atoms with Gasteiger partial charge in [-0.05, 0) is 91.6 Å². The zero-order valence-corrected chi connectivity index (χ0v) is 23.3. The highest BCUT2D eigenvalue weighted by molar-refractivity contribution is 5.84. The predicted molar refractivity (Wildman–Crippen MR) is 148 cm³/mol. The first-order valence-electron chi connectivity index (χ1n) is 14.4. The highest BCUT2D eigenvalue weighted by Crippen LogP contribution is 2.66. The minimum Gasteiger partial charge on any atom is -0.497 e. The molecule has 1 aromatic carbocycles. The zero-order valence-electron chi connectivity index (χ0n) is 23.3. The number of piperidine rings is 3. The van der Waals surface area contributed by atoms with Crippen LogP contribution in [0.5, 0.6) is 5.75 Å². The molecular formula is C32H42N2O4. The lowest BCUT2D eigenvalue weighted by molar-refractivity contribution is -0.167. The van der Waals surface area contributed by atoms with E-state index in [-0.39, 0.29) is 41.7 Å². The van der Waals surface area contributed by atoms with Gasteiger partial charge in [0.25, 0.3) is 0 Å². The summed E-state index contributed by atoms with van der Waals surface area (Å²) >= 11 is 0. The number of hydrogen-bond donors (Lipinski definition) is 0. The predicted octanol–water partition coefficient (Wildman–Crippen LogP) is 5.96. The van der Waals surface area contributed by atoms with Crippen LogP contribution in [0.4, 0.5) is 0 Å². The maximum absolute atomic E-state index is 13.3. The van der Waals surface area contributed by atoms with Gasteiger partial charge in [-0.2, -0.15) is 0 Å². The van der Waals surface area contributed by atoms with Crippen molar-refractivity contribution in [3.8, 4) is 5.75 Å². The highest BCUT2D eigenvalue weighted by Gasteiger charge is 2.62. The Morgan fingerprint density at radius 3 is 2.74 bits per heavy atom. The summed E-state index contributed by atoms with van der Waals surface area (Å²) in [5.74, 6) is 2.27. The van der Waals surface area contributed by atoms with Crippen LogP contribution in [0, 0.1) is 28.6 Å². The van der Waals surface area contributed by atoms with Crippen LogP contribution in [-0.4, -0.2) is 54.8 Å². The first kappa shape index (κ1) is 25.8. The van der Waals surface area contributed by atoms with Crippen molar-refractivity contribution in [1.29, 1.82) is 0 Å². The van der Waals surface area contributed by atoms with Crippen LogP contribution in [0.1, 0.15) is 64.5 Å². The minimum absolute atomic E-state index is 0.0281. The van der Waals surface area contributed by atoms with E-state index in [2.05, 4.69) is 43.3 Å². The van der Waals surface area contributed by atoms with E-state index in [1.165, 1.54) is 12.8 Å². The monoisotopic (exact) mass is 518 g/mol. The smallest absolute Gasteiger partial charge is 0.332 e. The number of rotatable bonds is 8. The van der Waals surface area contributed by atoms with Gasteiger partial charge in [-0.15, -0.1) is 6.58 Å². The normalized spacial score (nSPS) is 35.8. The molecule has 38 heavy (non-hydrogen) atoms. The van der Waals surface area contributed by atoms with Gasteiger partial charge in [0.15, 0.2) is 0 Å². The largest absolute Gasteiger partial charge is 0.497 e. The average molecular weight is 519 g/mol. The van der Waals surface area contributed by atoms with Crippen molar-refractivity contribution in [3.05, 3.63) is 48.7 Å². The summed E-state index contributed by atoms with van der Waals surface area (Å²) in [6, 6.07) is 8.19. The Kier molecular flexibility index (Phi) is 6.55. The molecule has 5 aliphatic rings. The number of carbonyl (C=O) groups excluding carboxylic acids is 1. The molecule has 1 aromatic heterocycles. The van der Waals surface area contributed by atoms with Crippen molar-refractivity contribution >= 4 is 16.9 Å². The third kappa shape index (κ3) is 4.06. The molecule has 2 aromatic rings. The van der Waals surface area contributed by atoms with Gasteiger partial charge in [0.05, 0.1) is 18.7 Å². The molecule has 4 bridgehead atoms. The van der Waals surface area contributed by atoms with Crippen LogP contribution in [0.15, 0.2) is 43.1 Å². The molecule has 0 N–H and O–H groups in total. The van der Waals surface area contributed by atoms with Crippen LogP contribution in [0.2, 0.25) is 0 Å². The molecule has 7 rings (SSSR count). The molecule has 6 heteroatoms. The Bertz CT molecular complexity index is 1230. The lowest BCUT2D eigenvalue weighted by atomic mass is 9.70. The summed E-state index contributed by atoms with van der Waals surface area (Å²) in [7, 11) is 1.68. The van der Waals surface area contributed by atoms with Crippen molar-refractivity contribution in [2.75, 3.05) is 26.8 Å². The maximum Gasteiger partial charge on any atom is 0.332 e. The molecule has 2 aliphatic carbocycles. The lowest BCUT2D eigenvalue weighted by Gasteiger charge is -2.51. The molecule has 4 heterocycles. The van der Waals surface area contributed by atoms with Crippen LogP contribution < -0.4 is 4.74 Å². The van der Waals surface area contributed by atoms with Crippen LogP contribution in [-0.2, 0) is 14.3 Å². The number of methoxy groups -OCH3 is 1. The fraction of sp³-hybridized carbons (Fsp3) is 0.625. The Balaban J connectivity index is 1.26. The average Bonchev–Trinajstić information content (AvgIpc) is 3.27. The topological polar surface area (TPSA) is 60.9 Å². The van der Waals surface area contributed by atoms with E-state index in [1.807, 2.05) is 30.5 Å². The summed E-state index contributed by atoms with van der Waals surface area (Å²) in [4.78, 5) is 20.4. The molecule has 5 fully saturated rings. The molecule has 2 unspecified atom stereocenters. The number of nitrogens with zero attached hydrogens (tertiary/aromatic N) is 2. The molecule has 204 valence electrons. The maximum atomic E-state index is 13.3. The molecule has 0 radical (unpaired) electrons. The van der Waals surface area contributed by atoms with Gasteiger partial charge in [0.1, 0.15) is 18.5 Å². The number of benzene rings is 1. The van der Waals surface area contributed by atoms with E-state index >= 15 is 0 Å². The molecule has 0 amide bonds. The molecule has 3 saturated heterocycles. The van der Waals surface area contributed by atoms with E-state index in [4.69, 9.17) is 14.2 Å². The van der Waals surface area contributed by atoms with Crippen molar-refractivity contribution in [2.24, 2.45) is 28.6 Å². The fourth-order valence-corrected chi connectivity index (χ4v) is 8.28. The first-order chi connectivity index (χ1) is 18.2. The summed E-state index contributed by atoms with van der Waals surface area (Å²) in [6.07, 6.45) is 9.21. The van der Waals surface area contributed by atoms with Crippen molar-refractivity contribution in [1.82, 2.24) is 9.88 Å². The van der Waals surface area contributed by atoms with E-state index in [0.717, 1.165) is 54.6 Å². The number of hydrogen-bond acceptors (Lipinski definition) is 6. The van der Waals surface area contributed by atoms with Gasteiger partial charge in [-0.3, -0.25) is 9.88 Å². The highest BCUT2D eigenvalue weighted by atomic mass is 16.6. The Hall–Kier alpha value is -2.44. The molecular weight excluding hydrogens is 476 g/mol. The molecule has 3 aliphatic heterocycles. The Morgan fingerprint density at radius 2 is 2.08 bits per heavy atom. The van der Waals surface area contributed by atoms with E-state index in [9.17, 15) is 4.79 Å². The molecule has 2 saturated carbocycles. The minimum atomic E-state index is -0.263. The summed E-state index contributed by atoms with van der Waals surface area (Å²) < 4.78 is 18.3. The van der Waals surface area contributed by atoms with Crippen molar-refractivity contribution < 1.29 is 19.0 Å². The first-order valence-corrected chi connectivity index (χ1v) is 14.4. The third-order valence-corrected chi connectivity index (χ3v) is 11.2. The van der Waals surface area contributed by atoms with Gasteiger partial charge in [-0.1, -0.05) is 26.8 Å². The fourth-order valence-electron chi connectivity index (χ4n) is 8.28. The second-order valence-electron chi connectivity index (χ2n) is 12.9. The number of esters is 1. The Morgan fingerprint density at radius 1 is 1.24 bits per heavy atom. The van der Waals surface area contributed by atoms with E-state index in [0.29, 0.717) is 17.8 Å². The van der Waals surface area contributed by atoms with Gasteiger partial charge in [0, 0.05) is 29.6 Å². The number of carbonyl (C=O) groups is 1. The summed E-state index contributed by atoms with van der Waals surface area (Å²) in [5.41, 5.74) is 2.20. The standard InChI is InChI=1S/C32H42N2O4/c1-6-20-18-34-14-11-21(20)15-27(34)30(24-10-13-33-26-8-7-23(36-5)17-25(24)26)37-19-29(35)38-28-16-22-9-12-32(28,4)31(22,2)3/h6-8,10,13,17,20-22,27-28,30H,1,9,11-12,14-16,18-19H2,2-5H3/t20-,21?,22-,27+,28+,30-,32+/m0/s1. The molecule has 8 atom stereocenters. The van der Waals surface area contributed by atoms with Gasteiger partial charge >= 0.3 is 5.97 Å². The van der Waals surface area contributed by atoms with Gasteiger partial charge in [0.2, 0.25) is 0 Å². The summed E-state index contributed by atoms with van der Waals surface area (Å²) in [5, 5.41) is 1.01. The van der Waals surface area contributed by atoms with Crippen LogP contribution in [0.25, 0.3) is 10.9 Å². The molecule has 6 nitrogen and oxygen atoms in total. The lowest BCUT2D eigenvalue weighted by Crippen LogP contribution is -2.55. The number of ether oxygens (including phenoxy) is 3. The SMILES string of the molecule is C=C[C@H]1CN2CCC1C[C@@H]2[C@@H](OCC(=O)O[C@@H]1C[C@@H]2CC[C@@]1(C)C2(C)C)c1ccnc2ccc(OC)cc12. The quantitative estimate of drug-likeness (QED) is 0.318. The molecule has 0 spiro atoms. The number of pyridine rings is 1. The second kappa shape index (κ2) is 9.63. The Labute approximate surface area is 226 Å². The number of aromatic nitrogens is 1. The van der Waals surface area contributed by atoms with E-state index < -0.39 is 0 Å².